The molecular formula is C14H15GeN4O3. The van der Waals surface area contributed by atoms with Gasteiger partial charge < -0.3 is 0 Å². The van der Waals surface area contributed by atoms with Crippen LogP contribution in [0.25, 0.3) is 0 Å². The van der Waals surface area contributed by atoms with Gasteiger partial charge in [-0.2, -0.15) is 0 Å². The number of amides is 1. The predicted octanol–water partition coefficient (Wildman–Crippen LogP) is 0.0763. The summed E-state index contributed by atoms with van der Waals surface area (Å²) in [6, 6.07) is 0. The molecule has 1 aromatic rings. The first-order chi connectivity index (χ1) is 10.5. The Morgan fingerprint density at radius 2 is 2.27 bits per heavy atom. The summed E-state index contributed by atoms with van der Waals surface area (Å²) in [5.41, 5.74) is 9.69. The number of nitrogens with zero attached hydrogens (tertiary/aromatic N) is 2. The zero-order valence-electron chi connectivity index (χ0n) is 11.9. The molecule has 22 heavy (non-hydrogen) atoms. The minimum atomic E-state index is -0.413. The molecule has 0 saturated heterocycles. The standard InChI is InChI=1S/C14H15GeN4O3/c1-7-4-8-12(18-22-13(8)20)11(17-5-7)9-6-19(14(15)21)3-2-10(9)16/h18H,1-6,16H2. The minimum absolute atomic E-state index is 0.00968. The number of rotatable bonds is 1. The molecule has 113 valence electrons. The van der Waals surface area contributed by atoms with Crippen molar-refractivity contribution >= 4 is 27.0 Å². The van der Waals surface area contributed by atoms with Crippen LogP contribution in [0.3, 0.4) is 0 Å². The number of carbonyl (C=O) groups excluding carboxylic acids is 1. The Morgan fingerprint density at radius 3 is 3.00 bits per heavy atom. The van der Waals surface area contributed by atoms with Gasteiger partial charge in [0.05, 0.1) is 0 Å². The van der Waals surface area contributed by atoms with Crippen molar-refractivity contribution in [1.82, 2.24) is 10.1 Å². The maximum atomic E-state index is 11.8. The summed E-state index contributed by atoms with van der Waals surface area (Å²) in [5, 5.41) is 2.65. The average molecular weight is 360 g/mol. The van der Waals surface area contributed by atoms with Crippen molar-refractivity contribution in [2.45, 2.75) is 12.8 Å². The molecule has 0 aromatic carbocycles. The number of hydrogen-bond acceptors (Lipinski definition) is 5. The van der Waals surface area contributed by atoms with Gasteiger partial charge in [0, 0.05) is 0 Å². The first kappa shape index (κ1) is 14.9. The fourth-order valence-electron chi connectivity index (χ4n) is 2.67. The molecule has 1 aromatic heterocycles. The van der Waals surface area contributed by atoms with Gasteiger partial charge in [-0.3, -0.25) is 0 Å². The molecular weight excluding hydrogens is 345 g/mol. The van der Waals surface area contributed by atoms with Gasteiger partial charge in [0.25, 0.3) is 0 Å². The molecule has 1 amide bonds. The van der Waals surface area contributed by atoms with Gasteiger partial charge in [-0.05, 0) is 0 Å². The van der Waals surface area contributed by atoms with E-state index in [2.05, 4.69) is 16.7 Å². The molecule has 0 unspecified atom stereocenters. The number of aromatic nitrogens is 1. The summed E-state index contributed by atoms with van der Waals surface area (Å²) < 4.78 is 4.90. The van der Waals surface area contributed by atoms with Crippen LogP contribution >= 0.6 is 0 Å². The third-order valence-corrected chi connectivity index (χ3v) is 4.54. The van der Waals surface area contributed by atoms with E-state index in [1.807, 2.05) is 0 Å². The fourth-order valence-corrected chi connectivity index (χ4v) is 3.08. The topological polar surface area (TPSA) is 105 Å². The van der Waals surface area contributed by atoms with Crippen LogP contribution in [-0.2, 0) is 6.42 Å². The van der Waals surface area contributed by atoms with Crippen LogP contribution in [0.5, 0.6) is 0 Å². The Hall–Kier alpha value is -2.03. The van der Waals surface area contributed by atoms with Crippen LogP contribution < -0.4 is 11.4 Å². The second-order valence-corrected chi connectivity index (χ2v) is 6.31. The number of nitrogens with one attached hydrogen (secondary N) is 1. The second-order valence-electron chi connectivity index (χ2n) is 5.42. The predicted molar refractivity (Wildman–Crippen MR) is 82.1 cm³/mol. The van der Waals surface area contributed by atoms with E-state index in [0.29, 0.717) is 55.1 Å². The van der Waals surface area contributed by atoms with Crippen LogP contribution in [0.1, 0.15) is 17.7 Å². The monoisotopic (exact) mass is 361 g/mol. The number of aliphatic imine (C=N–C) groups is 1. The van der Waals surface area contributed by atoms with Crippen molar-refractivity contribution < 1.29 is 9.32 Å². The molecule has 3 heterocycles. The summed E-state index contributed by atoms with van der Waals surface area (Å²) in [7, 11) is 0. The van der Waals surface area contributed by atoms with Gasteiger partial charge in [0.2, 0.25) is 0 Å². The number of aromatic amines is 1. The average Bonchev–Trinajstić information content (AvgIpc) is 2.73. The molecule has 0 atom stereocenters. The third kappa shape index (κ3) is 2.56. The van der Waals surface area contributed by atoms with Crippen molar-refractivity contribution in [2.75, 3.05) is 19.6 Å². The van der Waals surface area contributed by atoms with E-state index in [4.69, 9.17) is 10.3 Å². The number of hydrogen-bond donors (Lipinski definition) is 2. The Labute approximate surface area is 135 Å². The number of nitrogens with two attached hydrogens (primary N) is 1. The molecule has 0 bridgehead atoms. The Morgan fingerprint density at radius 1 is 1.50 bits per heavy atom. The number of carbonyl (C=O) groups is 1. The summed E-state index contributed by atoms with van der Waals surface area (Å²) in [5.74, 6) is 0. The van der Waals surface area contributed by atoms with E-state index in [0.717, 1.165) is 11.1 Å². The van der Waals surface area contributed by atoms with Crippen molar-refractivity contribution in [3.63, 3.8) is 0 Å². The van der Waals surface area contributed by atoms with Gasteiger partial charge in [0.1, 0.15) is 0 Å². The first-order valence-corrected chi connectivity index (χ1v) is 7.92. The number of fused-ring (bicyclic) bond motifs is 1. The summed E-state index contributed by atoms with van der Waals surface area (Å²) in [4.78, 5) is 29.7. The third-order valence-electron chi connectivity index (χ3n) is 3.88. The molecule has 0 aliphatic carbocycles. The summed E-state index contributed by atoms with van der Waals surface area (Å²) in [6.07, 6.45) is 1.02. The fraction of sp³-hybridized carbons (Fsp3) is 0.357. The van der Waals surface area contributed by atoms with Crippen molar-refractivity contribution in [3.05, 3.63) is 45.1 Å². The van der Waals surface area contributed by atoms with E-state index in [1.165, 1.54) is 16.5 Å². The Bertz CT molecular complexity index is 771. The maximum absolute atomic E-state index is 11.8. The molecule has 7 nitrogen and oxygen atoms in total. The Balaban J connectivity index is 2.08. The van der Waals surface area contributed by atoms with E-state index in [-0.39, 0.29) is 4.74 Å². The van der Waals surface area contributed by atoms with E-state index >= 15 is 0 Å². The van der Waals surface area contributed by atoms with Crippen molar-refractivity contribution in [3.8, 4) is 0 Å². The molecule has 0 spiro atoms. The van der Waals surface area contributed by atoms with Crippen LogP contribution in [0, 0.1) is 0 Å². The van der Waals surface area contributed by atoms with Gasteiger partial charge in [-0.1, -0.05) is 0 Å². The van der Waals surface area contributed by atoms with E-state index in [1.54, 1.807) is 4.90 Å². The van der Waals surface area contributed by atoms with Crippen LogP contribution in [0.2, 0.25) is 0 Å². The number of H-pyrrole nitrogens is 1. The van der Waals surface area contributed by atoms with Gasteiger partial charge in [0.15, 0.2) is 0 Å². The Kier molecular flexibility index (Phi) is 3.82. The molecule has 3 N–H and O–H groups in total. The zero-order chi connectivity index (χ0) is 15.9. The molecule has 0 fully saturated rings. The van der Waals surface area contributed by atoms with E-state index in [9.17, 15) is 9.59 Å². The van der Waals surface area contributed by atoms with Crippen LogP contribution in [0.4, 0.5) is 4.79 Å². The molecule has 3 radical (unpaired) electrons. The first-order valence-electron chi connectivity index (χ1n) is 6.87. The van der Waals surface area contributed by atoms with Gasteiger partial charge >= 0.3 is 135 Å². The molecule has 8 heteroatoms. The van der Waals surface area contributed by atoms with Gasteiger partial charge in [-0.25, -0.2) is 0 Å². The van der Waals surface area contributed by atoms with Gasteiger partial charge in [-0.15, -0.1) is 0 Å². The second kappa shape index (κ2) is 5.64. The van der Waals surface area contributed by atoms with Crippen LogP contribution in [0.15, 0.2) is 37.7 Å². The molecule has 3 rings (SSSR count). The van der Waals surface area contributed by atoms with Crippen LogP contribution in [-0.4, -0.2) is 56.7 Å². The summed E-state index contributed by atoms with van der Waals surface area (Å²) in [6.45, 7) is 5.33. The normalized spacial score (nSPS) is 18.9. The zero-order valence-corrected chi connectivity index (χ0v) is 14.0. The molecule has 2 aliphatic heterocycles. The SMILES string of the molecule is C=C1CN=C(C2=C(N)CCN([C](=O)[Ge])C2)c2[nH]oc(=O)c2C1. The quantitative estimate of drug-likeness (QED) is 0.547. The van der Waals surface area contributed by atoms with Crippen molar-refractivity contribution in [1.29, 1.82) is 0 Å². The van der Waals surface area contributed by atoms with Crippen molar-refractivity contribution in [2.24, 2.45) is 10.7 Å². The van der Waals surface area contributed by atoms with E-state index < -0.39 is 5.63 Å². The molecule has 0 saturated carbocycles. The summed E-state index contributed by atoms with van der Waals surface area (Å²) >= 11 is 1.53. The molecule has 2 aliphatic rings.